The molecule has 6 nitrogen and oxygen atoms in total. The molecule has 6 heteroatoms. The average molecular weight is 421 g/mol. The molecular weight excluding hydrogens is 384 g/mol. The van der Waals surface area contributed by atoms with Crippen molar-refractivity contribution in [2.24, 2.45) is 34.5 Å². The predicted molar refractivity (Wildman–Crippen MR) is 111 cm³/mol. The molecule has 7 atom stereocenters. The molecule has 1 heterocycles. The molecule has 0 aromatic rings. The maximum atomic E-state index is 13.1. The van der Waals surface area contributed by atoms with Gasteiger partial charge in [0, 0.05) is 5.92 Å². The molecule has 0 bridgehead atoms. The summed E-state index contributed by atoms with van der Waals surface area (Å²) in [6.45, 7) is 15.9. The van der Waals surface area contributed by atoms with Crippen LogP contribution in [-0.4, -0.2) is 36.7 Å². The van der Waals surface area contributed by atoms with Crippen molar-refractivity contribution in [1.29, 1.82) is 0 Å². The first-order valence-corrected chi connectivity index (χ1v) is 11.3. The minimum absolute atomic E-state index is 0.142. The quantitative estimate of drug-likeness (QED) is 0.379. The molecule has 2 saturated carbocycles. The van der Waals surface area contributed by atoms with Crippen molar-refractivity contribution in [3.8, 4) is 0 Å². The van der Waals surface area contributed by atoms with Crippen LogP contribution in [0, 0.1) is 34.5 Å². The standard InChI is InChI=1S/C24H36O6/c1-8-14(4)21(26)29-17-10-9-15(5)23(7)12-24(16(6)11-28-22(24)27)19(18(17)23)30-20(25)13(2)3/h13-15,17-19H,6,8-12H2,1-5,7H3. The molecule has 3 rings (SSSR count). The van der Waals surface area contributed by atoms with Crippen LogP contribution in [-0.2, 0) is 28.6 Å². The summed E-state index contributed by atoms with van der Waals surface area (Å²) >= 11 is 0. The van der Waals surface area contributed by atoms with Crippen LogP contribution in [0.3, 0.4) is 0 Å². The lowest BCUT2D eigenvalue weighted by Gasteiger charge is -2.47. The number of carbonyl (C=O) groups excluding carboxylic acids is 3. The van der Waals surface area contributed by atoms with E-state index in [9.17, 15) is 14.4 Å². The summed E-state index contributed by atoms with van der Waals surface area (Å²) in [6.07, 6.45) is 1.63. The maximum absolute atomic E-state index is 13.1. The Labute approximate surface area is 179 Å². The van der Waals surface area contributed by atoms with E-state index >= 15 is 0 Å². The number of cyclic esters (lactones) is 1. The lowest BCUT2D eigenvalue weighted by Crippen LogP contribution is -2.51. The molecule has 0 amide bonds. The van der Waals surface area contributed by atoms with E-state index < -0.39 is 17.6 Å². The van der Waals surface area contributed by atoms with Gasteiger partial charge in [-0.2, -0.15) is 0 Å². The van der Waals surface area contributed by atoms with Crippen molar-refractivity contribution in [1.82, 2.24) is 0 Å². The van der Waals surface area contributed by atoms with Gasteiger partial charge in [0.25, 0.3) is 0 Å². The van der Waals surface area contributed by atoms with Gasteiger partial charge in [-0.25, -0.2) is 0 Å². The molecule has 7 unspecified atom stereocenters. The second-order valence-electron chi connectivity index (χ2n) is 10.1. The molecule has 1 spiro atoms. The molecule has 3 fully saturated rings. The van der Waals surface area contributed by atoms with Crippen LogP contribution in [0.15, 0.2) is 12.2 Å². The van der Waals surface area contributed by atoms with Crippen LogP contribution in [0.25, 0.3) is 0 Å². The van der Waals surface area contributed by atoms with Gasteiger partial charge in [-0.15, -0.1) is 0 Å². The Balaban J connectivity index is 2.06. The number of hydrogen-bond acceptors (Lipinski definition) is 6. The van der Waals surface area contributed by atoms with Gasteiger partial charge < -0.3 is 14.2 Å². The molecule has 2 aliphatic carbocycles. The minimum Gasteiger partial charge on any atom is -0.462 e. The molecule has 0 aromatic carbocycles. The second kappa shape index (κ2) is 8.01. The van der Waals surface area contributed by atoms with Crippen LogP contribution in [0.1, 0.15) is 67.2 Å². The highest BCUT2D eigenvalue weighted by molar-refractivity contribution is 5.86. The zero-order valence-electron chi connectivity index (χ0n) is 19.2. The van der Waals surface area contributed by atoms with E-state index in [1.54, 1.807) is 13.8 Å². The SMILES string of the molecule is C=C1COC(=O)C12CC1(C)C(C)CCC(OC(=O)C(C)CC)C1C2OC(=O)C(C)C. The van der Waals surface area contributed by atoms with E-state index in [1.165, 1.54) is 0 Å². The highest BCUT2D eigenvalue weighted by atomic mass is 16.6. The van der Waals surface area contributed by atoms with Crippen molar-refractivity contribution in [3.05, 3.63) is 12.2 Å². The van der Waals surface area contributed by atoms with Gasteiger partial charge in [0.2, 0.25) is 0 Å². The number of rotatable bonds is 5. The van der Waals surface area contributed by atoms with E-state index in [0.717, 1.165) is 6.42 Å². The first kappa shape index (κ1) is 22.8. The molecule has 30 heavy (non-hydrogen) atoms. The van der Waals surface area contributed by atoms with Crippen LogP contribution in [0.4, 0.5) is 0 Å². The summed E-state index contributed by atoms with van der Waals surface area (Å²) in [7, 11) is 0. The number of esters is 3. The Kier molecular flexibility index (Phi) is 6.09. The lowest BCUT2D eigenvalue weighted by atomic mass is 9.61. The van der Waals surface area contributed by atoms with Gasteiger partial charge in [0.1, 0.15) is 24.2 Å². The summed E-state index contributed by atoms with van der Waals surface area (Å²) in [5.41, 5.74) is -0.750. The minimum atomic E-state index is -1.07. The number of carbonyl (C=O) groups is 3. The molecule has 0 aromatic heterocycles. The molecule has 1 saturated heterocycles. The van der Waals surface area contributed by atoms with Crippen molar-refractivity contribution >= 4 is 17.9 Å². The van der Waals surface area contributed by atoms with Gasteiger partial charge in [0.15, 0.2) is 0 Å². The molecular formula is C24H36O6. The van der Waals surface area contributed by atoms with Crippen molar-refractivity contribution < 1.29 is 28.6 Å². The Hall–Kier alpha value is -1.85. The van der Waals surface area contributed by atoms with Crippen molar-refractivity contribution in [2.45, 2.75) is 79.4 Å². The first-order valence-electron chi connectivity index (χ1n) is 11.3. The highest BCUT2D eigenvalue weighted by Gasteiger charge is 2.72. The normalized spacial score (nSPS) is 39.0. The van der Waals surface area contributed by atoms with Crippen LogP contribution in [0.5, 0.6) is 0 Å². The largest absolute Gasteiger partial charge is 0.462 e. The van der Waals surface area contributed by atoms with Gasteiger partial charge >= 0.3 is 17.9 Å². The number of ether oxygens (including phenoxy) is 3. The van der Waals surface area contributed by atoms with Crippen LogP contribution >= 0.6 is 0 Å². The molecule has 1 aliphatic heterocycles. The third-order valence-corrected chi connectivity index (χ3v) is 8.01. The smallest absolute Gasteiger partial charge is 0.320 e. The van der Waals surface area contributed by atoms with Crippen LogP contribution in [0.2, 0.25) is 0 Å². The van der Waals surface area contributed by atoms with Crippen LogP contribution < -0.4 is 0 Å². The van der Waals surface area contributed by atoms with E-state index in [1.807, 2.05) is 13.8 Å². The fourth-order valence-electron chi connectivity index (χ4n) is 5.59. The Morgan fingerprint density at radius 3 is 2.40 bits per heavy atom. The zero-order valence-corrected chi connectivity index (χ0v) is 19.2. The van der Waals surface area contributed by atoms with Gasteiger partial charge in [-0.05, 0) is 42.6 Å². The molecule has 0 N–H and O–H groups in total. The van der Waals surface area contributed by atoms with Crippen molar-refractivity contribution in [3.63, 3.8) is 0 Å². The third-order valence-electron chi connectivity index (χ3n) is 8.01. The topological polar surface area (TPSA) is 78.9 Å². The van der Waals surface area contributed by atoms with Gasteiger partial charge in [-0.1, -0.05) is 48.1 Å². The van der Waals surface area contributed by atoms with E-state index in [-0.39, 0.29) is 53.6 Å². The average Bonchev–Trinajstić information content (AvgIpc) is 3.13. The van der Waals surface area contributed by atoms with Gasteiger partial charge in [-0.3, -0.25) is 14.4 Å². The third kappa shape index (κ3) is 3.36. The Bertz CT molecular complexity index is 724. The molecule has 168 valence electrons. The second-order valence-corrected chi connectivity index (χ2v) is 10.1. The maximum Gasteiger partial charge on any atom is 0.320 e. The summed E-state index contributed by atoms with van der Waals surface area (Å²) in [4.78, 5) is 38.4. The number of fused-ring (bicyclic) bond motifs is 1. The molecule has 0 radical (unpaired) electrons. The lowest BCUT2D eigenvalue weighted by molar-refractivity contribution is -0.180. The zero-order chi connectivity index (χ0) is 22.4. The van der Waals surface area contributed by atoms with Gasteiger partial charge in [0.05, 0.1) is 11.8 Å². The Morgan fingerprint density at radius 2 is 1.87 bits per heavy atom. The fraction of sp³-hybridized carbons (Fsp3) is 0.792. The highest BCUT2D eigenvalue weighted by Crippen LogP contribution is 2.66. The van der Waals surface area contributed by atoms with E-state index in [4.69, 9.17) is 14.2 Å². The Morgan fingerprint density at radius 1 is 1.20 bits per heavy atom. The summed E-state index contributed by atoms with van der Waals surface area (Å²) in [6, 6.07) is 0. The van der Waals surface area contributed by atoms with Crippen molar-refractivity contribution in [2.75, 3.05) is 6.61 Å². The fourth-order valence-corrected chi connectivity index (χ4v) is 5.59. The predicted octanol–water partition coefficient (Wildman–Crippen LogP) is 4.07. The molecule has 3 aliphatic rings. The van der Waals surface area contributed by atoms with E-state index in [0.29, 0.717) is 24.8 Å². The monoisotopic (exact) mass is 420 g/mol. The summed E-state index contributed by atoms with van der Waals surface area (Å²) in [5, 5.41) is 0. The first-order chi connectivity index (χ1) is 14.0. The van der Waals surface area contributed by atoms with E-state index in [2.05, 4.69) is 20.4 Å². The summed E-state index contributed by atoms with van der Waals surface area (Å²) < 4.78 is 17.4. The summed E-state index contributed by atoms with van der Waals surface area (Å²) in [5.74, 6) is -1.50. The number of hydrogen-bond donors (Lipinski definition) is 0.